The average molecular weight is 282 g/mol. The van der Waals surface area contributed by atoms with E-state index in [1.165, 1.54) is 17.2 Å². The van der Waals surface area contributed by atoms with Crippen LogP contribution in [0.2, 0.25) is 0 Å². The van der Waals surface area contributed by atoms with E-state index in [4.69, 9.17) is 4.98 Å². The SMILES string of the molecule is CC(C)NCc1csc(CC2CN(C)CCN2C)n1. The van der Waals surface area contributed by atoms with Gasteiger partial charge in [0, 0.05) is 50.1 Å². The number of likely N-dealkylation sites (N-methyl/N-ethyl adjacent to an activating group) is 2. The highest BCUT2D eigenvalue weighted by molar-refractivity contribution is 7.09. The van der Waals surface area contributed by atoms with Gasteiger partial charge in [-0.3, -0.25) is 0 Å². The van der Waals surface area contributed by atoms with Gasteiger partial charge in [-0.25, -0.2) is 4.98 Å². The summed E-state index contributed by atoms with van der Waals surface area (Å²) in [6.45, 7) is 8.70. The average Bonchev–Trinajstić information content (AvgIpc) is 2.79. The quantitative estimate of drug-likeness (QED) is 0.885. The van der Waals surface area contributed by atoms with Crippen LogP contribution in [0.5, 0.6) is 0 Å². The molecule has 5 heteroatoms. The molecule has 19 heavy (non-hydrogen) atoms. The largest absolute Gasteiger partial charge is 0.309 e. The first-order valence-corrected chi connectivity index (χ1v) is 7.98. The van der Waals surface area contributed by atoms with E-state index in [2.05, 4.69) is 48.4 Å². The van der Waals surface area contributed by atoms with Gasteiger partial charge in [0.15, 0.2) is 0 Å². The lowest BCUT2D eigenvalue weighted by Crippen LogP contribution is -2.50. The number of nitrogens with zero attached hydrogens (tertiary/aromatic N) is 3. The summed E-state index contributed by atoms with van der Waals surface area (Å²) in [6, 6.07) is 1.12. The molecule has 0 aliphatic carbocycles. The molecule has 108 valence electrons. The van der Waals surface area contributed by atoms with Crippen molar-refractivity contribution < 1.29 is 0 Å². The summed E-state index contributed by atoms with van der Waals surface area (Å²) < 4.78 is 0. The van der Waals surface area contributed by atoms with Crippen molar-refractivity contribution in [3.63, 3.8) is 0 Å². The Hall–Kier alpha value is -0.490. The molecule has 1 atom stereocenters. The number of piperazine rings is 1. The van der Waals surface area contributed by atoms with Gasteiger partial charge in [0.1, 0.15) is 0 Å². The molecule has 1 saturated heterocycles. The fourth-order valence-corrected chi connectivity index (χ4v) is 3.22. The molecule has 1 aromatic heterocycles. The normalized spacial score (nSPS) is 22.3. The lowest BCUT2D eigenvalue weighted by Gasteiger charge is -2.37. The number of nitrogens with one attached hydrogen (secondary N) is 1. The van der Waals surface area contributed by atoms with E-state index in [0.29, 0.717) is 12.1 Å². The molecule has 1 aromatic rings. The Morgan fingerprint density at radius 3 is 2.95 bits per heavy atom. The number of hydrogen-bond acceptors (Lipinski definition) is 5. The topological polar surface area (TPSA) is 31.4 Å². The Bertz CT molecular complexity index is 391. The van der Waals surface area contributed by atoms with Gasteiger partial charge in [-0.05, 0) is 14.1 Å². The highest BCUT2D eigenvalue weighted by Crippen LogP contribution is 2.16. The first-order valence-electron chi connectivity index (χ1n) is 7.10. The minimum atomic E-state index is 0.517. The number of rotatable bonds is 5. The van der Waals surface area contributed by atoms with Gasteiger partial charge in [-0.1, -0.05) is 13.8 Å². The lowest BCUT2D eigenvalue weighted by atomic mass is 10.1. The van der Waals surface area contributed by atoms with Gasteiger partial charge in [0.05, 0.1) is 10.7 Å². The van der Waals surface area contributed by atoms with Crippen molar-refractivity contribution in [1.29, 1.82) is 0 Å². The van der Waals surface area contributed by atoms with Crippen LogP contribution in [-0.4, -0.2) is 60.6 Å². The summed E-state index contributed by atoms with van der Waals surface area (Å²) in [5, 5.41) is 6.88. The van der Waals surface area contributed by atoms with Gasteiger partial charge >= 0.3 is 0 Å². The molecule has 1 aliphatic rings. The second-order valence-corrected chi connectivity index (χ2v) is 6.81. The van der Waals surface area contributed by atoms with Crippen LogP contribution < -0.4 is 5.32 Å². The molecule has 0 saturated carbocycles. The zero-order valence-corrected chi connectivity index (χ0v) is 13.3. The van der Waals surface area contributed by atoms with Crippen molar-refractivity contribution in [2.45, 2.75) is 38.9 Å². The van der Waals surface area contributed by atoms with Gasteiger partial charge in [-0.15, -0.1) is 11.3 Å². The van der Waals surface area contributed by atoms with Crippen molar-refractivity contribution in [3.8, 4) is 0 Å². The van der Waals surface area contributed by atoms with Gasteiger partial charge in [0.2, 0.25) is 0 Å². The second-order valence-electron chi connectivity index (χ2n) is 5.87. The maximum absolute atomic E-state index is 4.75. The van der Waals surface area contributed by atoms with Crippen LogP contribution >= 0.6 is 11.3 Å². The molecule has 1 aliphatic heterocycles. The molecule has 0 bridgehead atoms. The first kappa shape index (κ1) is 14.9. The fraction of sp³-hybridized carbons (Fsp3) is 0.786. The third-order valence-corrected chi connectivity index (χ3v) is 4.60. The minimum absolute atomic E-state index is 0.517. The van der Waals surface area contributed by atoms with E-state index < -0.39 is 0 Å². The minimum Gasteiger partial charge on any atom is -0.309 e. The van der Waals surface area contributed by atoms with Crippen LogP contribution in [0, 0.1) is 0 Å². The number of aromatic nitrogens is 1. The standard InChI is InChI=1S/C14H26N4S/c1-11(2)15-8-12-10-19-14(16-12)7-13-9-17(3)5-6-18(13)4/h10-11,13,15H,5-9H2,1-4H3. The van der Waals surface area contributed by atoms with Crippen LogP contribution in [-0.2, 0) is 13.0 Å². The Morgan fingerprint density at radius 2 is 2.21 bits per heavy atom. The summed E-state index contributed by atoms with van der Waals surface area (Å²) in [4.78, 5) is 9.63. The van der Waals surface area contributed by atoms with E-state index >= 15 is 0 Å². The molecule has 1 N–H and O–H groups in total. The molecule has 2 heterocycles. The van der Waals surface area contributed by atoms with Crippen LogP contribution in [0.1, 0.15) is 24.5 Å². The highest BCUT2D eigenvalue weighted by atomic mass is 32.1. The molecule has 1 fully saturated rings. The van der Waals surface area contributed by atoms with Crippen LogP contribution in [0.15, 0.2) is 5.38 Å². The van der Waals surface area contributed by atoms with Crippen LogP contribution in [0.4, 0.5) is 0 Å². The molecule has 1 unspecified atom stereocenters. The van der Waals surface area contributed by atoms with E-state index in [1.807, 2.05) is 0 Å². The van der Waals surface area contributed by atoms with Gasteiger partial charge in [-0.2, -0.15) is 0 Å². The van der Waals surface area contributed by atoms with Gasteiger partial charge in [0.25, 0.3) is 0 Å². The molecule has 4 nitrogen and oxygen atoms in total. The third kappa shape index (κ3) is 4.53. The third-order valence-electron chi connectivity index (χ3n) is 3.68. The Labute approximate surface area is 120 Å². The van der Waals surface area contributed by atoms with Crippen molar-refractivity contribution in [3.05, 3.63) is 16.1 Å². The predicted molar refractivity (Wildman–Crippen MR) is 81.7 cm³/mol. The Kier molecular flexibility index (Phi) is 5.33. The molecule has 2 rings (SSSR count). The zero-order chi connectivity index (χ0) is 13.8. The van der Waals surface area contributed by atoms with Crippen molar-refractivity contribution >= 4 is 11.3 Å². The molecular weight excluding hydrogens is 256 g/mol. The van der Waals surface area contributed by atoms with Gasteiger partial charge < -0.3 is 15.1 Å². The summed E-state index contributed by atoms with van der Waals surface area (Å²) in [7, 11) is 4.44. The monoisotopic (exact) mass is 282 g/mol. The van der Waals surface area contributed by atoms with Crippen molar-refractivity contribution in [2.75, 3.05) is 33.7 Å². The highest BCUT2D eigenvalue weighted by Gasteiger charge is 2.23. The van der Waals surface area contributed by atoms with Crippen LogP contribution in [0.3, 0.4) is 0 Å². The van der Waals surface area contributed by atoms with Crippen molar-refractivity contribution in [2.24, 2.45) is 0 Å². The smallest absolute Gasteiger partial charge is 0.0944 e. The van der Waals surface area contributed by atoms with E-state index in [0.717, 1.165) is 26.1 Å². The van der Waals surface area contributed by atoms with E-state index in [9.17, 15) is 0 Å². The second kappa shape index (κ2) is 6.79. The Morgan fingerprint density at radius 1 is 1.42 bits per heavy atom. The van der Waals surface area contributed by atoms with E-state index in [1.54, 1.807) is 11.3 Å². The fourth-order valence-electron chi connectivity index (χ4n) is 2.36. The molecular formula is C14H26N4S. The molecule has 0 amide bonds. The summed E-state index contributed by atoms with van der Waals surface area (Å²) in [6.07, 6.45) is 1.08. The van der Waals surface area contributed by atoms with Crippen LogP contribution in [0.25, 0.3) is 0 Å². The zero-order valence-electron chi connectivity index (χ0n) is 12.5. The maximum Gasteiger partial charge on any atom is 0.0944 e. The molecule has 0 aromatic carbocycles. The summed E-state index contributed by atoms with van der Waals surface area (Å²) >= 11 is 1.80. The number of thiazole rings is 1. The number of hydrogen-bond donors (Lipinski definition) is 1. The maximum atomic E-state index is 4.75. The van der Waals surface area contributed by atoms with Crippen molar-refractivity contribution in [1.82, 2.24) is 20.1 Å². The van der Waals surface area contributed by atoms with E-state index in [-0.39, 0.29) is 0 Å². The summed E-state index contributed by atoms with van der Waals surface area (Å²) in [5.41, 5.74) is 1.18. The Balaban J connectivity index is 1.88. The molecule has 0 radical (unpaired) electrons. The lowest BCUT2D eigenvalue weighted by molar-refractivity contribution is 0.114. The summed E-state index contributed by atoms with van der Waals surface area (Å²) in [5.74, 6) is 0. The molecule has 0 spiro atoms. The predicted octanol–water partition coefficient (Wildman–Crippen LogP) is 1.43. The first-order chi connectivity index (χ1) is 9.04.